The van der Waals surface area contributed by atoms with Crippen molar-refractivity contribution in [2.75, 3.05) is 19.8 Å². The highest BCUT2D eigenvalue weighted by molar-refractivity contribution is 9.10. The second-order valence-electron chi connectivity index (χ2n) is 3.85. The predicted octanol–water partition coefficient (Wildman–Crippen LogP) is 2.71. The van der Waals surface area contributed by atoms with Gasteiger partial charge in [-0.25, -0.2) is 0 Å². The zero-order chi connectivity index (χ0) is 12.5. The van der Waals surface area contributed by atoms with Crippen LogP contribution in [-0.4, -0.2) is 24.9 Å². The Morgan fingerprint density at radius 3 is 2.94 bits per heavy atom. The number of ether oxygens (including phenoxy) is 1. The smallest absolute Gasteiger partial charge is 0.123 e. The minimum Gasteiger partial charge on any atom is -0.493 e. The first kappa shape index (κ1) is 14.5. The topological polar surface area (TPSA) is 41.5 Å². The zero-order valence-corrected chi connectivity index (χ0v) is 11.8. The van der Waals surface area contributed by atoms with E-state index < -0.39 is 0 Å². The molecule has 3 nitrogen and oxygen atoms in total. The van der Waals surface area contributed by atoms with Crippen molar-refractivity contribution in [1.29, 1.82) is 0 Å². The van der Waals surface area contributed by atoms with E-state index in [9.17, 15) is 0 Å². The molecular weight excluding hydrogens is 282 g/mol. The highest BCUT2D eigenvalue weighted by Crippen LogP contribution is 2.23. The van der Waals surface area contributed by atoms with E-state index in [1.165, 1.54) is 0 Å². The SMILES string of the molecule is CCCOc1ccc(Br)cc1CNCCCO. The third-order valence-corrected chi connectivity index (χ3v) is 2.80. The molecule has 1 aromatic carbocycles. The Morgan fingerprint density at radius 2 is 2.24 bits per heavy atom. The van der Waals surface area contributed by atoms with Gasteiger partial charge in [0.1, 0.15) is 5.75 Å². The maximum absolute atomic E-state index is 8.71. The van der Waals surface area contributed by atoms with Crippen molar-refractivity contribution in [3.63, 3.8) is 0 Å². The summed E-state index contributed by atoms with van der Waals surface area (Å²) >= 11 is 3.46. The number of rotatable bonds is 8. The molecule has 1 aromatic rings. The van der Waals surface area contributed by atoms with E-state index >= 15 is 0 Å². The number of aliphatic hydroxyl groups is 1. The maximum Gasteiger partial charge on any atom is 0.123 e. The van der Waals surface area contributed by atoms with Gasteiger partial charge in [-0.2, -0.15) is 0 Å². The molecule has 1 rings (SSSR count). The number of nitrogens with one attached hydrogen (secondary N) is 1. The summed E-state index contributed by atoms with van der Waals surface area (Å²) in [7, 11) is 0. The Balaban J connectivity index is 2.56. The van der Waals surface area contributed by atoms with Gasteiger partial charge in [-0.1, -0.05) is 22.9 Å². The van der Waals surface area contributed by atoms with Crippen LogP contribution in [0.2, 0.25) is 0 Å². The molecule has 0 saturated heterocycles. The Kier molecular flexibility index (Phi) is 7.24. The lowest BCUT2D eigenvalue weighted by molar-refractivity contribution is 0.285. The largest absolute Gasteiger partial charge is 0.493 e. The van der Waals surface area contributed by atoms with Gasteiger partial charge in [0.25, 0.3) is 0 Å². The fraction of sp³-hybridized carbons (Fsp3) is 0.538. The summed E-state index contributed by atoms with van der Waals surface area (Å²) < 4.78 is 6.74. The number of hydrogen-bond donors (Lipinski definition) is 2. The van der Waals surface area contributed by atoms with Crippen molar-refractivity contribution in [1.82, 2.24) is 5.32 Å². The summed E-state index contributed by atoms with van der Waals surface area (Å²) in [5, 5.41) is 12.0. The number of aliphatic hydroxyl groups excluding tert-OH is 1. The Morgan fingerprint density at radius 1 is 1.41 bits per heavy atom. The summed E-state index contributed by atoms with van der Waals surface area (Å²) in [6, 6.07) is 6.04. The molecule has 0 spiro atoms. The Hall–Kier alpha value is -0.580. The average Bonchev–Trinajstić information content (AvgIpc) is 2.33. The van der Waals surface area contributed by atoms with Crippen LogP contribution in [0.3, 0.4) is 0 Å². The van der Waals surface area contributed by atoms with Crippen LogP contribution in [-0.2, 0) is 6.54 Å². The van der Waals surface area contributed by atoms with Crippen LogP contribution in [0.5, 0.6) is 5.75 Å². The second-order valence-corrected chi connectivity index (χ2v) is 4.77. The van der Waals surface area contributed by atoms with Crippen molar-refractivity contribution in [3.8, 4) is 5.75 Å². The average molecular weight is 302 g/mol. The third-order valence-electron chi connectivity index (χ3n) is 2.31. The van der Waals surface area contributed by atoms with Crippen LogP contribution in [0.15, 0.2) is 22.7 Å². The monoisotopic (exact) mass is 301 g/mol. The number of benzene rings is 1. The van der Waals surface area contributed by atoms with Gasteiger partial charge in [0.05, 0.1) is 6.61 Å². The number of halogens is 1. The van der Waals surface area contributed by atoms with Gasteiger partial charge in [0, 0.05) is 23.2 Å². The molecule has 0 unspecified atom stereocenters. The van der Waals surface area contributed by atoms with Gasteiger partial charge in [-0.3, -0.25) is 0 Å². The van der Waals surface area contributed by atoms with E-state index in [2.05, 4.69) is 34.2 Å². The molecule has 96 valence electrons. The zero-order valence-electron chi connectivity index (χ0n) is 10.2. The minimum absolute atomic E-state index is 0.227. The second kappa shape index (κ2) is 8.50. The molecule has 0 aliphatic carbocycles. The molecule has 0 fully saturated rings. The quantitative estimate of drug-likeness (QED) is 0.726. The van der Waals surface area contributed by atoms with E-state index in [1.54, 1.807) is 0 Å². The standard InChI is InChI=1S/C13H20BrNO2/c1-2-8-17-13-5-4-12(14)9-11(13)10-15-6-3-7-16/h4-5,9,15-16H,2-3,6-8,10H2,1H3. The molecule has 17 heavy (non-hydrogen) atoms. The Labute approximate surface area is 111 Å². The first-order valence-electron chi connectivity index (χ1n) is 6.00. The molecule has 0 aromatic heterocycles. The lowest BCUT2D eigenvalue weighted by Gasteiger charge is -2.12. The number of hydrogen-bond acceptors (Lipinski definition) is 3. The molecule has 0 heterocycles. The summed E-state index contributed by atoms with van der Waals surface area (Å²) in [5.41, 5.74) is 1.14. The molecule has 0 bridgehead atoms. The highest BCUT2D eigenvalue weighted by atomic mass is 79.9. The highest BCUT2D eigenvalue weighted by Gasteiger charge is 2.04. The molecule has 2 N–H and O–H groups in total. The van der Waals surface area contributed by atoms with Crippen LogP contribution >= 0.6 is 15.9 Å². The summed E-state index contributed by atoms with van der Waals surface area (Å²) in [4.78, 5) is 0. The third kappa shape index (κ3) is 5.52. The van der Waals surface area contributed by atoms with Gasteiger partial charge in [0.2, 0.25) is 0 Å². The van der Waals surface area contributed by atoms with Crippen molar-refractivity contribution in [3.05, 3.63) is 28.2 Å². The van der Waals surface area contributed by atoms with E-state index in [4.69, 9.17) is 9.84 Å². The molecule has 0 atom stereocenters. The van der Waals surface area contributed by atoms with Gasteiger partial charge >= 0.3 is 0 Å². The van der Waals surface area contributed by atoms with Crippen LogP contribution < -0.4 is 10.1 Å². The van der Waals surface area contributed by atoms with Crippen molar-refractivity contribution in [2.45, 2.75) is 26.3 Å². The van der Waals surface area contributed by atoms with Gasteiger partial charge < -0.3 is 15.2 Å². The van der Waals surface area contributed by atoms with E-state index in [0.717, 1.165) is 48.3 Å². The fourth-order valence-corrected chi connectivity index (χ4v) is 1.87. The van der Waals surface area contributed by atoms with E-state index in [-0.39, 0.29) is 6.61 Å². The molecule has 0 radical (unpaired) electrons. The normalized spacial score (nSPS) is 10.5. The fourth-order valence-electron chi connectivity index (χ4n) is 1.47. The van der Waals surface area contributed by atoms with Crippen LogP contribution in [0.4, 0.5) is 0 Å². The van der Waals surface area contributed by atoms with Gasteiger partial charge in [-0.15, -0.1) is 0 Å². The first-order valence-corrected chi connectivity index (χ1v) is 6.80. The molecule has 4 heteroatoms. The summed E-state index contributed by atoms with van der Waals surface area (Å²) in [5.74, 6) is 0.937. The van der Waals surface area contributed by atoms with Crippen LogP contribution in [0.25, 0.3) is 0 Å². The lowest BCUT2D eigenvalue weighted by Crippen LogP contribution is -2.16. The minimum atomic E-state index is 0.227. The van der Waals surface area contributed by atoms with Crippen molar-refractivity contribution < 1.29 is 9.84 Å². The van der Waals surface area contributed by atoms with Gasteiger partial charge in [-0.05, 0) is 37.6 Å². The van der Waals surface area contributed by atoms with E-state index in [1.807, 2.05) is 12.1 Å². The maximum atomic E-state index is 8.71. The molecule has 0 aliphatic rings. The lowest BCUT2D eigenvalue weighted by atomic mass is 10.2. The predicted molar refractivity (Wildman–Crippen MR) is 73.3 cm³/mol. The van der Waals surface area contributed by atoms with Crippen LogP contribution in [0.1, 0.15) is 25.3 Å². The molecule has 0 aliphatic heterocycles. The first-order chi connectivity index (χ1) is 8.27. The molecule has 0 saturated carbocycles. The Bertz CT molecular complexity index is 331. The van der Waals surface area contributed by atoms with Gasteiger partial charge in [0.15, 0.2) is 0 Å². The molecular formula is C13H20BrNO2. The van der Waals surface area contributed by atoms with Crippen molar-refractivity contribution >= 4 is 15.9 Å². The van der Waals surface area contributed by atoms with Crippen LogP contribution in [0, 0.1) is 0 Å². The van der Waals surface area contributed by atoms with Crippen molar-refractivity contribution in [2.24, 2.45) is 0 Å². The van der Waals surface area contributed by atoms with E-state index in [0.29, 0.717) is 0 Å². The summed E-state index contributed by atoms with van der Waals surface area (Å²) in [6.07, 6.45) is 1.78. The summed E-state index contributed by atoms with van der Waals surface area (Å²) in [6.45, 7) is 4.64. The molecule has 0 amide bonds.